The molecule has 12 heavy (non-hydrogen) atoms. The van der Waals surface area contributed by atoms with E-state index in [4.69, 9.17) is 9.84 Å². The Labute approximate surface area is 71.2 Å². The zero-order chi connectivity index (χ0) is 9.14. The molecular formula is C8H14O4. The Morgan fingerprint density at radius 3 is 2.67 bits per heavy atom. The van der Waals surface area contributed by atoms with Gasteiger partial charge in [-0.1, -0.05) is 0 Å². The number of aliphatic hydroxyl groups is 1. The molecule has 0 heterocycles. The first-order valence-electron chi connectivity index (χ1n) is 4.08. The Morgan fingerprint density at radius 1 is 1.50 bits per heavy atom. The van der Waals surface area contributed by atoms with Crippen LogP contribution in [-0.4, -0.2) is 35.5 Å². The summed E-state index contributed by atoms with van der Waals surface area (Å²) in [5.74, 6) is -1.58. The number of carboxylic acid groups (broad SMARTS) is 1. The Morgan fingerprint density at radius 2 is 2.17 bits per heavy atom. The molecule has 4 nitrogen and oxygen atoms in total. The summed E-state index contributed by atoms with van der Waals surface area (Å²) in [5, 5.41) is 18.0. The molecule has 70 valence electrons. The maximum Gasteiger partial charge on any atom is 0.309 e. The van der Waals surface area contributed by atoms with Crippen LogP contribution in [0, 0.1) is 5.92 Å². The first-order valence-corrected chi connectivity index (χ1v) is 4.08. The number of carboxylic acids is 1. The van der Waals surface area contributed by atoms with Gasteiger partial charge in [-0.2, -0.15) is 0 Å². The van der Waals surface area contributed by atoms with Gasteiger partial charge in [0.2, 0.25) is 0 Å². The van der Waals surface area contributed by atoms with Crippen molar-refractivity contribution < 1.29 is 19.7 Å². The fourth-order valence-corrected chi connectivity index (χ4v) is 1.60. The molecule has 3 unspecified atom stereocenters. The largest absolute Gasteiger partial charge is 0.481 e. The number of hydrogen-bond donors (Lipinski definition) is 2. The monoisotopic (exact) mass is 174 g/mol. The second-order valence-electron chi connectivity index (χ2n) is 3.18. The van der Waals surface area contributed by atoms with Crippen molar-refractivity contribution in [3.8, 4) is 0 Å². The first kappa shape index (κ1) is 9.48. The van der Waals surface area contributed by atoms with Gasteiger partial charge >= 0.3 is 5.97 Å². The summed E-state index contributed by atoms with van der Waals surface area (Å²) in [6, 6.07) is 0. The summed E-state index contributed by atoms with van der Waals surface area (Å²) in [7, 11) is 1.57. The molecule has 1 aliphatic carbocycles. The van der Waals surface area contributed by atoms with Gasteiger partial charge in [0.25, 0.3) is 0 Å². The van der Waals surface area contributed by atoms with Gasteiger partial charge in [-0.3, -0.25) is 4.79 Å². The summed E-state index contributed by atoms with van der Waals surface area (Å²) in [5.41, 5.74) is 0. The maximum atomic E-state index is 10.6. The van der Waals surface area contributed by atoms with Gasteiger partial charge in [-0.05, 0) is 19.3 Å². The van der Waals surface area contributed by atoms with Gasteiger partial charge in [0, 0.05) is 7.11 Å². The van der Waals surface area contributed by atoms with Crippen molar-refractivity contribution in [2.45, 2.75) is 31.5 Å². The van der Waals surface area contributed by atoms with Crippen LogP contribution < -0.4 is 0 Å². The first-order chi connectivity index (χ1) is 5.65. The van der Waals surface area contributed by atoms with Crippen LogP contribution in [0.3, 0.4) is 0 Å². The third-order valence-electron chi connectivity index (χ3n) is 2.42. The van der Waals surface area contributed by atoms with Crippen LogP contribution in [0.15, 0.2) is 0 Å². The fourth-order valence-electron chi connectivity index (χ4n) is 1.60. The fraction of sp³-hybridized carbons (Fsp3) is 0.875. The highest BCUT2D eigenvalue weighted by atomic mass is 16.5. The number of aliphatic hydroxyl groups excluding tert-OH is 1. The zero-order valence-corrected chi connectivity index (χ0v) is 7.06. The van der Waals surface area contributed by atoms with E-state index >= 15 is 0 Å². The normalized spacial score (nSPS) is 36.3. The molecule has 1 rings (SSSR count). The Hall–Kier alpha value is -0.610. The number of hydrogen-bond acceptors (Lipinski definition) is 3. The Bertz CT molecular complexity index is 168. The Balaban J connectivity index is 2.53. The molecule has 0 aliphatic heterocycles. The van der Waals surface area contributed by atoms with Gasteiger partial charge in [-0.25, -0.2) is 0 Å². The van der Waals surface area contributed by atoms with Gasteiger partial charge < -0.3 is 14.9 Å². The second-order valence-corrected chi connectivity index (χ2v) is 3.18. The number of methoxy groups -OCH3 is 1. The molecule has 0 aromatic rings. The molecule has 0 radical (unpaired) electrons. The quantitative estimate of drug-likeness (QED) is 0.629. The van der Waals surface area contributed by atoms with E-state index in [1.807, 2.05) is 0 Å². The standard InChI is InChI=1S/C8H14O4/c1-12-5-2-3-7(9)6(4-5)8(10)11/h5-7,9H,2-4H2,1H3,(H,10,11). The number of carbonyl (C=O) groups is 1. The van der Waals surface area contributed by atoms with Crippen LogP contribution in [0.1, 0.15) is 19.3 Å². The highest BCUT2D eigenvalue weighted by molar-refractivity contribution is 5.70. The summed E-state index contributed by atoms with van der Waals surface area (Å²) in [6.45, 7) is 0. The minimum atomic E-state index is -0.927. The van der Waals surface area contributed by atoms with E-state index in [9.17, 15) is 9.90 Å². The van der Waals surface area contributed by atoms with Crippen molar-refractivity contribution >= 4 is 5.97 Å². The molecule has 0 aromatic heterocycles. The summed E-state index contributed by atoms with van der Waals surface area (Å²) >= 11 is 0. The van der Waals surface area contributed by atoms with E-state index in [-0.39, 0.29) is 6.10 Å². The molecule has 3 atom stereocenters. The molecule has 0 amide bonds. The van der Waals surface area contributed by atoms with Crippen molar-refractivity contribution in [2.75, 3.05) is 7.11 Å². The third kappa shape index (κ3) is 1.95. The van der Waals surface area contributed by atoms with Crippen LogP contribution in [-0.2, 0) is 9.53 Å². The molecular weight excluding hydrogens is 160 g/mol. The van der Waals surface area contributed by atoms with Crippen LogP contribution in [0.5, 0.6) is 0 Å². The lowest BCUT2D eigenvalue weighted by atomic mass is 9.85. The molecule has 0 bridgehead atoms. The van der Waals surface area contributed by atoms with E-state index in [2.05, 4.69) is 0 Å². The van der Waals surface area contributed by atoms with Crippen LogP contribution >= 0.6 is 0 Å². The Kier molecular flexibility index (Phi) is 3.05. The van der Waals surface area contributed by atoms with Gasteiger partial charge in [0.05, 0.1) is 18.1 Å². The summed E-state index contributed by atoms with van der Waals surface area (Å²) in [4.78, 5) is 10.6. The lowest BCUT2D eigenvalue weighted by molar-refractivity contribution is -0.150. The number of rotatable bonds is 2. The van der Waals surface area contributed by atoms with Crippen molar-refractivity contribution in [3.05, 3.63) is 0 Å². The van der Waals surface area contributed by atoms with E-state index in [0.29, 0.717) is 12.8 Å². The van der Waals surface area contributed by atoms with Crippen LogP contribution in [0.25, 0.3) is 0 Å². The molecule has 0 saturated heterocycles. The minimum Gasteiger partial charge on any atom is -0.481 e. The van der Waals surface area contributed by atoms with Crippen molar-refractivity contribution in [2.24, 2.45) is 5.92 Å². The highest BCUT2D eigenvalue weighted by Gasteiger charge is 2.33. The topological polar surface area (TPSA) is 66.8 Å². The molecule has 4 heteroatoms. The third-order valence-corrected chi connectivity index (χ3v) is 2.42. The van der Waals surface area contributed by atoms with E-state index in [0.717, 1.165) is 6.42 Å². The lowest BCUT2D eigenvalue weighted by Crippen LogP contribution is -2.37. The van der Waals surface area contributed by atoms with E-state index < -0.39 is 18.0 Å². The molecule has 1 saturated carbocycles. The van der Waals surface area contributed by atoms with Crippen molar-refractivity contribution in [1.29, 1.82) is 0 Å². The molecule has 1 fully saturated rings. The van der Waals surface area contributed by atoms with Crippen LogP contribution in [0.4, 0.5) is 0 Å². The predicted molar refractivity (Wildman–Crippen MR) is 41.8 cm³/mol. The van der Waals surface area contributed by atoms with Gasteiger partial charge in [0.1, 0.15) is 0 Å². The summed E-state index contributed by atoms with van der Waals surface area (Å²) in [6.07, 6.45) is 0.993. The SMILES string of the molecule is COC1CCC(O)C(C(=O)O)C1. The molecule has 1 aliphatic rings. The van der Waals surface area contributed by atoms with Gasteiger partial charge in [-0.15, -0.1) is 0 Å². The lowest BCUT2D eigenvalue weighted by Gasteiger charge is -2.29. The smallest absolute Gasteiger partial charge is 0.309 e. The van der Waals surface area contributed by atoms with Crippen LogP contribution in [0.2, 0.25) is 0 Å². The average molecular weight is 174 g/mol. The maximum absolute atomic E-state index is 10.6. The van der Waals surface area contributed by atoms with E-state index in [1.54, 1.807) is 7.11 Å². The predicted octanol–water partition coefficient (Wildman–Crippen LogP) is 0.247. The van der Waals surface area contributed by atoms with E-state index in [1.165, 1.54) is 0 Å². The molecule has 0 aromatic carbocycles. The molecule has 0 spiro atoms. The molecule has 2 N–H and O–H groups in total. The average Bonchev–Trinajstić information content (AvgIpc) is 2.05. The summed E-state index contributed by atoms with van der Waals surface area (Å²) < 4.78 is 5.05. The van der Waals surface area contributed by atoms with Crippen molar-refractivity contribution in [3.63, 3.8) is 0 Å². The van der Waals surface area contributed by atoms with Gasteiger partial charge in [0.15, 0.2) is 0 Å². The second kappa shape index (κ2) is 3.87. The number of ether oxygens (including phenoxy) is 1. The van der Waals surface area contributed by atoms with Crippen molar-refractivity contribution in [1.82, 2.24) is 0 Å². The minimum absolute atomic E-state index is 0.00509. The number of aliphatic carboxylic acids is 1. The highest BCUT2D eigenvalue weighted by Crippen LogP contribution is 2.26. The zero-order valence-electron chi connectivity index (χ0n) is 7.06.